The Kier molecular flexibility index (Phi) is 3.65. The highest BCUT2D eigenvalue weighted by Gasteiger charge is 2.40. The molecule has 1 heterocycles. The highest BCUT2D eigenvalue weighted by Crippen LogP contribution is 2.29. The maximum atomic E-state index is 14.1. The zero-order valence-electron chi connectivity index (χ0n) is 12.0. The fourth-order valence-corrected chi connectivity index (χ4v) is 2.52. The van der Waals surface area contributed by atoms with E-state index in [-0.39, 0.29) is 17.9 Å². The second-order valence-electron chi connectivity index (χ2n) is 5.65. The summed E-state index contributed by atoms with van der Waals surface area (Å²) in [6, 6.07) is 2.40. The Hall–Kier alpha value is -1.76. The number of amides is 1. The molecule has 0 atom stereocenters. The molecule has 114 valence electrons. The number of fused-ring (bicyclic) bond motifs is 1. The number of halogens is 1. The van der Waals surface area contributed by atoms with Gasteiger partial charge in [0.25, 0.3) is 0 Å². The van der Waals surface area contributed by atoms with Crippen molar-refractivity contribution in [1.29, 1.82) is 0 Å². The molecule has 1 N–H and O–H groups in total. The molecule has 0 bridgehead atoms. The fourth-order valence-electron chi connectivity index (χ4n) is 2.07. The maximum absolute atomic E-state index is 14.1. The molecule has 0 radical (unpaired) electrons. The van der Waals surface area contributed by atoms with Crippen LogP contribution in [0.1, 0.15) is 36.2 Å². The summed E-state index contributed by atoms with van der Waals surface area (Å²) < 4.78 is 35.8. The van der Waals surface area contributed by atoms with Crippen molar-refractivity contribution >= 4 is 27.2 Å². The number of hydrogen-bond acceptors (Lipinski definition) is 4. The molecule has 0 unspecified atom stereocenters. The predicted molar refractivity (Wildman–Crippen MR) is 76.6 cm³/mol. The molecule has 0 spiro atoms. The molecule has 1 aromatic carbocycles. The lowest BCUT2D eigenvalue weighted by Gasteiger charge is -2.23. The van der Waals surface area contributed by atoms with E-state index in [1.54, 1.807) is 0 Å². The molecule has 0 aromatic heterocycles. The lowest BCUT2D eigenvalue weighted by molar-refractivity contribution is -0.116. The van der Waals surface area contributed by atoms with Crippen molar-refractivity contribution in [1.82, 2.24) is 0 Å². The molecule has 0 aliphatic carbocycles. The molecule has 1 aliphatic heterocycles. The molecule has 1 amide bonds. The number of sulfone groups is 1. The fraction of sp³-hybridized carbons (Fsp3) is 0.429. The molecule has 21 heavy (non-hydrogen) atoms. The Morgan fingerprint density at radius 2 is 1.90 bits per heavy atom. The maximum Gasteiger partial charge on any atom is 0.224 e. The Morgan fingerprint density at radius 1 is 1.29 bits per heavy atom. The van der Waals surface area contributed by atoms with E-state index in [0.717, 1.165) is 12.3 Å². The van der Waals surface area contributed by atoms with Crippen LogP contribution in [0, 0.1) is 5.82 Å². The van der Waals surface area contributed by atoms with Gasteiger partial charge in [0.15, 0.2) is 15.6 Å². The van der Waals surface area contributed by atoms with Crippen molar-refractivity contribution in [3.63, 3.8) is 0 Å². The molecular weight excluding hydrogens is 297 g/mol. The van der Waals surface area contributed by atoms with Gasteiger partial charge in [0, 0.05) is 18.4 Å². The van der Waals surface area contributed by atoms with Crippen LogP contribution in [0.3, 0.4) is 0 Å². The number of ketones is 1. The van der Waals surface area contributed by atoms with E-state index < -0.39 is 26.2 Å². The minimum atomic E-state index is -3.68. The first kappa shape index (κ1) is 15.6. The lowest BCUT2D eigenvalue weighted by Crippen LogP contribution is -2.40. The van der Waals surface area contributed by atoms with E-state index in [0.29, 0.717) is 17.7 Å². The SMILES string of the molecule is CC(C)(C(=O)c1cc2c(cc1F)NC(=O)CC2)S(C)(=O)=O. The molecular formula is C14H16FNO4S. The number of aryl methyl sites for hydroxylation is 1. The predicted octanol–water partition coefficient (Wildman–Crippen LogP) is 1.72. The van der Waals surface area contributed by atoms with Crippen molar-refractivity contribution in [3.05, 3.63) is 29.1 Å². The van der Waals surface area contributed by atoms with Gasteiger partial charge in [-0.25, -0.2) is 12.8 Å². The monoisotopic (exact) mass is 313 g/mol. The summed E-state index contributed by atoms with van der Waals surface area (Å²) in [6.07, 6.45) is 1.59. The van der Waals surface area contributed by atoms with Gasteiger partial charge < -0.3 is 5.32 Å². The Labute approximate surface area is 122 Å². The van der Waals surface area contributed by atoms with Crippen LogP contribution in [0.25, 0.3) is 0 Å². The van der Waals surface area contributed by atoms with E-state index in [2.05, 4.69) is 5.32 Å². The van der Waals surface area contributed by atoms with Gasteiger partial charge in [-0.15, -0.1) is 0 Å². The first-order chi connectivity index (χ1) is 9.54. The minimum Gasteiger partial charge on any atom is -0.326 e. The standard InChI is InChI=1S/C14H16FNO4S/c1-14(2,21(3,19)20)13(18)9-6-8-4-5-12(17)16-11(8)7-10(9)15/h6-7H,4-5H2,1-3H3,(H,16,17). The molecule has 1 aliphatic rings. The first-order valence-electron chi connectivity index (χ1n) is 6.40. The van der Waals surface area contributed by atoms with Crippen molar-refractivity contribution < 1.29 is 22.4 Å². The molecule has 0 saturated carbocycles. The number of benzene rings is 1. The summed E-state index contributed by atoms with van der Waals surface area (Å²) in [5, 5.41) is 2.53. The van der Waals surface area contributed by atoms with Gasteiger partial charge in [0.1, 0.15) is 10.6 Å². The van der Waals surface area contributed by atoms with Crippen molar-refractivity contribution in [2.24, 2.45) is 0 Å². The third kappa shape index (κ3) is 2.70. The Morgan fingerprint density at radius 3 is 2.48 bits per heavy atom. The van der Waals surface area contributed by atoms with Crippen LogP contribution >= 0.6 is 0 Å². The van der Waals surface area contributed by atoms with Crippen LogP contribution in [-0.4, -0.2) is 31.1 Å². The van der Waals surface area contributed by atoms with Gasteiger partial charge in [0.2, 0.25) is 5.91 Å². The largest absolute Gasteiger partial charge is 0.326 e. The van der Waals surface area contributed by atoms with Crippen LogP contribution in [0.2, 0.25) is 0 Å². The topological polar surface area (TPSA) is 80.3 Å². The molecule has 2 rings (SSSR count). The van der Waals surface area contributed by atoms with Gasteiger partial charge in [-0.1, -0.05) is 0 Å². The van der Waals surface area contributed by atoms with Gasteiger partial charge in [-0.2, -0.15) is 0 Å². The third-order valence-corrected chi connectivity index (χ3v) is 5.85. The summed E-state index contributed by atoms with van der Waals surface area (Å²) >= 11 is 0. The second kappa shape index (κ2) is 4.91. The summed E-state index contributed by atoms with van der Waals surface area (Å²) in [6.45, 7) is 2.51. The molecule has 0 fully saturated rings. The summed E-state index contributed by atoms with van der Waals surface area (Å²) in [5.41, 5.74) is 0.696. The number of nitrogens with one attached hydrogen (secondary N) is 1. The number of anilines is 1. The molecule has 1 aromatic rings. The zero-order chi connectivity index (χ0) is 16.0. The van der Waals surface area contributed by atoms with E-state index in [4.69, 9.17) is 0 Å². The molecule has 0 saturated heterocycles. The zero-order valence-corrected chi connectivity index (χ0v) is 12.8. The lowest BCUT2D eigenvalue weighted by atomic mass is 9.94. The third-order valence-electron chi connectivity index (χ3n) is 3.81. The van der Waals surface area contributed by atoms with Crippen molar-refractivity contribution in [2.45, 2.75) is 31.4 Å². The van der Waals surface area contributed by atoms with Crippen LogP contribution in [-0.2, 0) is 21.1 Å². The Balaban J connectivity index is 2.51. The average Bonchev–Trinajstić information content (AvgIpc) is 2.35. The number of Topliss-reactive ketones (excluding diaryl/α,β-unsaturated/α-hetero) is 1. The van der Waals surface area contributed by atoms with Crippen LogP contribution in [0.15, 0.2) is 12.1 Å². The highest BCUT2D eigenvalue weighted by molar-refractivity contribution is 7.92. The van der Waals surface area contributed by atoms with Crippen LogP contribution in [0.5, 0.6) is 0 Å². The van der Waals surface area contributed by atoms with Crippen LogP contribution < -0.4 is 5.32 Å². The molecule has 5 nitrogen and oxygen atoms in total. The summed E-state index contributed by atoms with van der Waals surface area (Å²) in [7, 11) is -3.68. The average molecular weight is 313 g/mol. The second-order valence-corrected chi connectivity index (χ2v) is 8.21. The minimum absolute atomic E-state index is 0.211. The van der Waals surface area contributed by atoms with Crippen LogP contribution in [0.4, 0.5) is 10.1 Å². The van der Waals surface area contributed by atoms with Gasteiger partial charge in [0.05, 0.1) is 5.56 Å². The normalized spacial score (nSPS) is 15.3. The van der Waals surface area contributed by atoms with E-state index in [9.17, 15) is 22.4 Å². The number of carbonyl (C=O) groups is 2. The van der Waals surface area contributed by atoms with E-state index in [1.807, 2.05) is 0 Å². The van der Waals surface area contributed by atoms with Gasteiger partial charge in [-0.3, -0.25) is 9.59 Å². The molecule has 7 heteroatoms. The van der Waals surface area contributed by atoms with Gasteiger partial charge >= 0.3 is 0 Å². The summed E-state index contributed by atoms with van der Waals surface area (Å²) in [4.78, 5) is 23.6. The smallest absolute Gasteiger partial charge is 0.224 e. The van der Waals surface area contributed by atoms with Gasteiger partial charge in [-0.05, 0) is 38.0 Å². The number of carbonyl (C=O) groups excluding carboxylic acids is 2. The summed E-state index contributed by atoms with van der Waals surface area (Å²) in [5.74, 6) is -1.84. The van der Waals surface area contributed by atoms with Crippen molar-refractivity contribution in [2.75, 3.05) is 11.6 Å². The first-order valence-corrected chi connectivity index (χ1v) is 8.30. The van der Waals surface area contributed by atoms with Crippen molar-refractivity contribution in [3.8, 4) is 0 Å². The quantitative estimate of drug-likeness (QED) is 0.862. The number of hydrogen-bond donors (Lipinski definition) is 1. The number of rotatable bonds is 3. The van der Waals surface area contributed by atoms with E-state index >= 15 is 0 Å². The highest BCUT2D eigenvalue weighted by atomic mass is 32.2. The van der Waals surface area contributed by atoms with E-state index in [1.165, 1.54) is 19.9 Å². The Bertz CT molecular complexity index is 738.